The zero-order valence-corrected chi connectivity index (χ0v) is 17.5. The van der Waals surface area contributed by atoms with Gasteiger partial charge in [-0.2, -0.15) is 0 Å². The number of carbonyl (C=O) groups excluding carboxylic acids is 1. The molecule has 32 heavy (non-hydrogen) atoms. The summed E-state index contributed by atoms with van der Waals surface area (Å²) in [5.41, 5.74) is 0.512. The Balaban J connectivity index is 1.30. The highest BCUT2D eigenvalue weighted by Crippen LogP contribution is 2.40. The Kier molecular flexibility index (Phi) is 4.93. The number of fused-ring (bicyclic) bond motifs is 1. The number of hydrogen-bond acceptors (Lipinski definition) is 5. The number of ether oxygens (including phenoxy) is 1. The van der Waals surface area contributed by atoms with Crippen LogP contribution in [0.4, 0.5) is 20.7 Å². The van der Waals surface area contributed by atoms with Crippen molar-refractivity contribution in [1.82, 2.24) is 9.13 Å². The van der Waals surface area contributed by atoms with Crippen LogP contribution >= 0.6 is 0 Å². The molecule has 0 spiro atoms. The summed E-state index contributed by atoms with van der Waals surface area (Å²) in [5, 5.41) is 0. The molecule has 2 aliphatic carbocycles. The second kappa shape index (κ2) is 7.79. The first-order valence-electron chi connectivity index (χ1n) is 10.6. The number of benzene rings is 1. The van der Waals surface area contributed by atoms with Crippen molar-refractivity contribution in [3.05, 3.63) is 56.5 Å². The van der Waals surface area contributed by atoms with E-state index in [2.05, 4.69) is 16.8 Å². The molecule has 0 radical (unpaired) electrons. The second-order valence-electron chi connectivity index (χ2n) is 8.19. The molecule has 3 aliphatic rings. The van der Waals surface area contributed by atoms with Crippen molar-refractivity contribution in [2.24, 2.45) is 4.99 Å². The van der Waals surface area contributed by atoms with Gasteiger partial charge < -0.3 is 4.74 Å². The third-order valence-corrected chi connectivity index (χ3v) is 5.78. The molecule has 2 saturated carbocycles. The van der Waals surface area contributed by atoms with Crippen molar-refractivity contribution in [1.29, 1.82) is 0 Å². The molecule has 2 fully saturated rings. The summed E-state index contributed by atoms with van der Waals surface area (Å²) in [7, 11) is 1.41. The normalized spacial score (nSPS) is 16.6. The summed E-state index contributed by atoms with van der Waals surface area (Å²) < 4.78 is 21.9. The number of aromatic nitrogens is 2. The van der Waals surface area contributed by atoms with Crippen molar-refractivity contribution in [3.63, 3.8) is 0 Å². The number of rotatable bonds is 4. The van der Waals surface area contributed by atoms with Crippen LogP contribution in [0.15, 0.2) is 38.8 Å². The van der Waals surface area contributed by atoms with Gasteiger partial charge in [0.1, 0.15) is 11.6 Å². The first kappa shape index (κ1) is 20.2. The first-order valence-corrected chi connectivity index (χ1v) is 10.6. The van der Waals surface area contributed by atoms with Crippen molar-refractivity contribution < 1.29 is 13.9 Å². The molecule has 0 N–H and O–H groups in total. The fourth-order valence-corrected chi connectivity index (χ4v) is 3.83. The highest BCUT2D eigenvalue weighted by molar-refractivity contribution is 6.06. The average Bonchev–Trinajstić information content (AvgIpc) is 3.70. The van der Waals surface area contributed by atoms with Crippen LogP contribution in [0.1, 0.15) is 43.3 Å². The summed E-state index contributed by atoms with van der Waals surface area (Å²) in [6.45, 7) is -0.214. The fourth-order valence-electron chi connectivity index (χ4n) is 3.83. The van der Waals surface area contributed by atoms with Crippen LogP contribution in [-0.2, 0) is 11.2 Å². The average molecular weight is 436 g/mol. The summed E-state index contributed by atoms with van der Waals surface area (Å²) in [5.74, 6) is 5.44. The molecule has 0 saturated heterocycles. The van der Waals surface area contributed by atoms with Gasteiger partial charge >= 0.3 is 11.8 Å². The Bertz CT molecular complexity index is 1320. The molecule has 0 bridgehead atoms. The third kappa shape index (κ3) is 3.62. The molecule has 5 rings (SSSR count). The van der Waals surface area contributed by atoms with Crippen LogP contribution in [0.5, 0.6) is 0 Å². The quantitative estimate of drug-likeness (QED) is 0.690. The van der Waals surface area contributed by atoms with Gasteiger partial charge in [0.15, 0.2) is 6.61 Å². The number of hydrogen-bond donors (Lipinski definition) is 0. The van der Waals surface area contributed by atoms with E-state index in [0.717, 1.165) is 30.6 Å². The molecule has 164 valence electrons. The molecule has 1 amide bonds. The van der Waals surface area contributed by atoms with E-state index in [9.17, 15) is 18.8 Å². The minimum Gasteiger partial charge on any atom is -0.436 e. The van der Waals surface area contributed by atoms with Gasteiger partial charge in [-0.3, -0.25) is 18.8 Å². The van der Waals surface area contributed by atoms with E-state index in [4.69, 9.17) is 4.74 Å². The maximum Gasteiger partial charge on any atom is 0.415 e. The standard InChI is InChI=1S/C23H21FN4O4/c1-26(19-7-3-2-6-18(19)24)23(31)32-12-4-5-14-13-17-20(25-14)27(15-8-9-15)22(30)28(21(17)29)16-10-11-16/h2-3,6-7,15-16H,8-13H2,1H3. The molecule has 1 aromatic heterocycles. The van der Waals surface area contributed by atoms with Crippen LogP contribution in [0.2, 0.25) is 0 Å². The van der Waals surface area contributed by atoms with Crippen LogP contribution in [0, 0.1) is 17.7 Å². The van der Waals surface area contributed by atoms with Crippen LogP contribution in [-0.4, -0.2) is 34.6 Å². The van der Waals surface area contributed by atoms with Gasteiger partial charge in [0, 0.05) is 25.6 Å². The van der Waals surface area contributed by atoms with E-state index in [-0.39, 0.29) is 42.0 Å². The molecule has 9 heteroatoms. The molecule has 2 aromatic rings. The van der Waals surface area contributed by atoms with Gasteiger partial charge in [-0.1, -0.05) is 18.1 Å². The van der Waals surface area contributed by atoms with Gasteiger partial charge in [0.2, 0.25) is 0 Å². The predicted molar refractivity (Wildman–Crippen MR) is 116 cm³/mol. The number of aliphatic imine (C=N–C) groups is 1. The highest BCUT2D eigenvalue weighted by Gasteiger charge is 2.36. The Morgan fingerprint density at radius 3 is 2.56 bits per heavy atom. The Labute approximate surface area is 182 Å². The van der Waals surface area contributed by atoms with Gasteiger partial charge in [-0.25, -0.2) is 19.0 Å². The summed E-state index contributed by atoms with van der Waals surface area (Å²) >= 11 is 0. The van der Waals surface area contributed by atoms with Gasteiger partial charge in [0.05, 0.1) is 17.0 Å². The Morgan fingerprint density at radius 1 is 1.19 bits per heavy atom. The zero-order chi connectivity index (χ0) is 22.4. The molecule has 8 nitrogen and oxygen atoms in total. The number of halogens is 1. The van der Waals surface area contributed by atoms with E-state index in [0.29, 0.717) is 17.1 Å². The lowest BCUT2D eigenvalue weighted by Gasteiger charge is -2.16. The van der Waals surface area contributed by atoms with E-state index in [1.165, 1.54) is 29.8 Å². The van der Waals surface area contributed by atoms with E-state index in [1.807, 2.05) is 0 Å². The van der Waals surface area contributed by atoms with E-state index >= 15 is 0 Å². The molecule has 0 unspecified atom stereocenters. The van der Waals surface area contributed by atoms with Crippen LogP contribution in [0.3, 0.4) is 0 Å². The van der Waals surface area contributed by atoms with Crippen molar-refractivity contribution in [2.75, 3.05) is 18.6 Å². The topological polar surface area (TPSA) is 85.9 Å². The van der Waals surface area contributed by atoms with Crippen molar-refractivity contribution in [2.45, 2.75) is 44.2 Å². The number of carbonyl (C=O) groups is 1. The first-order chi connectivity index (χ1) is 15.5. The maximum atomic E-state index is 13.8. The lowest BCUT2D eigenvalue weighted by Crippen LogP contribution is -2.40. The summed E-state index contributed by atoms with van der Waals surface area (Å²) in [4.78, 5) is 43.4. The third-order valence-electron chi connectivity index (χ3n) is 5.78. The number of anilines is 1. The molecule has 1 aliphatic heterocycles. The van der Waals surface area contributed by atoms with Crippen molar-refractivity contribution in [3.8, 4) is 11.8 Å². The van der Waals surface area contributed by atoms with Crippen LogP contribution in [0.25, 0.3) is 0 Å². The van der Waals surface area contributed by atoms with Crippen molar-refractivity contribution >= 4 is 23.3 Å². The molecule has 1 aromatic carbocycles. The number of para-hydroxylation sites is 1. The Hall–Kier alpha value is -3.67. The predicted octanol–water partition coefficient (Wildman–Crippen LogP) is 2.72. The largest absolute Gasteiger partial charge is 0.436 e. The summed E-state index contributed by atoms with van der Waals surface area (Å²) in [6.07, 6.45) is 3.01. The van der Waals surface area contributed by atoms with Crippen LogP contribution < -0.4 is 16.1 Å². The molecular weight excluding hydrogens is 415 g/mol. The van der Waals surface area contributed by atoms with Gasteiger partial charge in [-0.15, -0.1) is 0 Å². The van der Waals surface area contributed by atoms with Gasteiger partial charge in [0.25, 0.3) is 5.56 Å². The summed E-state index contributed by atoms with van der Waals surface area (Å²) in [6, 6.07) is 5.97. The number of nitrogens with zero attached hydrogens (tertiary/aromatic N) is 4. The minimum absolute atomic E-state index is 0.00807. The highest BCUT2D eigenvalue weighted by atomic mass is 19.1. The fraction of sp³-hybridized carbons (Fsp3) is 0.391. The van der Waals surface area contributed by atoms with E-state index in [1.54, 1.807) is 10.6 Å². The zero-order valence-electron chi connectivity index (χ0n) is 17.5. The number of amides is 1. The SMILES string of the molecule is CN(C(=O)OCC#CC1=Nc2c(c(=O)n(C3CC3)c(=O)n2C2CC2)C1)c1ccccc1F. The lowest BCUT2D eigenvalue weighted by molar-refractivity contribution is 0.169. The Morgan fingerprint density at radius 2 is 1.88 bits per heavy atom. The monoisotopic (exact) mass is 436 g/mol. The second-order valence-corrected chi connectivity index (χ2v) is 8.19. The molecule has 0 atom stereocenters. The smallest absolute Gasteiger partial charge is 0.415 e. The molecular formula is C23H21FN4O4. The molecule has 2 heterocycles. The van der Waals surface area contributed by atoms with E-state index < -0.39 is 11.9 Å². The maximum absolute atomic E-state index is 13.8. The van der Waals surface area contributed by atoms with Gasteiger partial charge in [-0.05, 0) is 43.7 Å². The lowest BCUT2D eigenvalue weighted by atomic mass is 10.2. The minimum atomic E-state index is -0.740.